The molecule has 0 spiro atoms. The highest BCUT2D eigenvalue weighted by Crippen LogP contribution is 2.38. The zero-order chi connectivity index (χ0) is 24.1. The Balaban J connectivity index is 1.67. The first-order valence-electron chi connectivity index (χ1n) is 10.8. The Labute approximate surface area is 208 Å². The molecule has 0 saturated carbocycles. The van der Waals surface area contributed by atoms with Crippen LogP contribution in [-0.2, 0) is 9.53 Å². The molecule has 0 aliphatic carbocycles. The highest BCUT2D eigenvalue weighted by molar-refractivity contribution is 6.30. The molecule has 176 valence electrons. The van der Waals surface area contributed by atoms with Crippen LogP contribution in [0.4, 0.5) is 0 Å². The zero-order valence-electron chi connectivity index (χ0n) is 18.8. The number of nitrogens with one attached hydrogen (secondary N) is 1. The lowest BCUT2D eigenvalue weighted by Gasteiger charge is -2.20. The quantitative estimate of drug-likeness (QED) is 0.398. The van der Waals surface area contributed by atoms with Crippen LogP contribution >= 0.6 is 23.2 Å². The van der Waals surface area contributed by atoms with Crippen LogP contribution in [-0.4, -0.2) is 32.1 Å². The second kappa shape index (κ2) is 10.8. The van der Waals surface area contributed by atoms with E-state index in [-0.39, 0.29) is 18.7 Å². The molecule has 1 aliphatic heterocycles. The lowest BCUT2D eigenvalue weighted by atomic mass is 9.95. The molecule has 3 aromatic rings. The van der Waals surface area contributed by atoms with Crippen molar-refractivity contribution in [2.75, 3.05) is 20.3 Å². The van der Waals surface area contributed by atoms with Crippen molar-refractivity contribution in [2.24, 2.45) is 4.99 Å². The van der Waals surface area contributed by atoms with Gasteiger partial charge >= 0.3 is 5.97 Å². The van der Waals surface area contributed by atoms with Gasteiger partial charge in [-0.3, -0.25) is 4.99 Å². The lowest BCUT2D eigenvalue weighted by Crippen LogP contribution is -2.25. The summed E-state index contributed by atoms with van der Waals surface area (Å²) in [6.45, 7) is 1.85. The van der Waals surface area contributed by atoms with E-state index in [1.807, 2.05) is 60.7 Å². The van der Waals surface area contributed by atoms with Gasteiger partial charge in [-0.25, -0.2) is 4.79 Å². The molecule has 1 heterocycles. The number of amidine groups is 1. The molecule has 2 unspecified atom stereocenters. The number of aliphatic imine (C=N–C) groups is 1. The van der Waals surface area contributed by atoms with Crippen LogP contribution in [0.3, 0.4) is 0 Å². The minimum atomic E-state index is -0.436. The van der Waals surface area contributed by atoms with Gasteiger partial charge in [0.2, 0.25) is 0 Å². The molecule has 0 amide bonds. The minimum Gasteiger partial charge on any atom is -0.497 e. The fourth-order valence-electron chi connectivity index (χ4n) is 3.75. The molecule has 1 aliphatic rings. The normalized spacial score (nSPS) is 17.0. The molecule has 0 bridgehead atoms. The monoisotopic (exact) mass is 498 g/mol. The fourth-order valence-corrected chi connectivity index (χ4v) is 4.00. The van der Waals surface area contributed by atoms with Gasteiger partial charge < -0.3 is 19.5 Å². The topological polar surface area (TPSA) is 69.2 Å². The Morgan fingerprint density at radius 1 is 0.941 bits per heavy atom. The van der Waals surface area contributed by atoms with Gasteiger partial charge in [0.05, 0.1) is 19.8 Å². The van der Waals surface area contributed by atoms with Crippen LogP contribution in [0.2, 0.25) is 10.0 Å². The largest absolute Gasteiger partial charge is 0.497 e. The van der Waals surface area contributed by atoms with E-state index in [0.717, 1.165) is 16.7 Å². The number of nitrogens with zero attached hydrogens (tertiary/aromatic N) is 1. The first-order chi connectivity index (χ1) is 16.5. The number of methoxy groups -OCH3 is 1. The maximum absolute atomic E-state index is 11.7. The Kier molecular flexibility index (Phi) is 7.60. The van der Waals surface area contributed by atoms with Crippen molar-refractivity contribution in [3.63, 3.8) is 0 Å². The Bertz CT molecular complexity index is 1180. The van der Waals surface area contributed by atoms with Crippen molar-refractivity contribution < 1.29 is 19.0 Å². The number of carbonyl (C=O) groups is 1. The molecule has 1 N–H and O–H groups in total. The summed E-state index contributed by atoms with van der Waals surface area (Å²) in [5, 5.41) is 4.87. The second-order valence-electron chi connectivity index (χ2n) is 7.64. The van der Waals surface area contributed by atoms with Crippen molar-refractivity contribution in [2.45, 2.75) is 19.0 Å². The van der Waals surface area contributed by atoms with Crippen molar-refractivity contribution in [1.29, 1.82) is 0 Å². The molecule has 2 atom stereocenters. The maximum atomic E-state index is 11.7. The van der Waals surface area contributed by atoms with Crippen molar-refractivity contribution in [3.8, 4) is 11.5 Å². The smallest absolute Gasteiger partial charge is 0.344 e. The van der Waals surface area contributed by atoms with E-state index in [9.17, 15) is 4.79 Å². The van der Waals surface area contributed by atoms with Crippen LogP contribution in [0.25, 0.3) is 0 Å². The van der Waals surface area contributed by atoms with Crippen molar-refractivity contribution in [1.82, 2.24) is 5.32 Å². The van der Waals surface area contributed by atoms with Crippen LogP contribution in [0.15, 0.2) is 71.7 Å². The van der Waals surface area contributed by atoms with E-state index in [2.05, 4.69) is 5.32 Å². The molecule has 0 aromatic heterocycles. The summed E-state index contributed by atoms with van der Waals surface area (Å²) in [6.07, 6.45) is 0. The standard InChI is InChI=1S/C26H24Cl2N2O4/c1-3-33-23(31)15-34-22-13-18(12-21(14-22)32-2)26-29-24(16-4-8-19(27)9-5-16)25(30-26)17-6-10-20(28)11-7-17/h4-14,24-25H,3,15H2,1-2H3,(H,29,30). The Morgan fingerprint density at radius 2 is 1.56 bits per heavy atom. The lowest BCUT2D eigenvalue weighted by molar-refractivity contribution is -0.145. The van der Waals surface area contributed by atoms with E-state index in [4.69, 9.17) is 42.4 Å². The van der Waals surface area contributed by atoms with Gasteiger partial charge in [-0.05, 0) is 54.4 Å². The van der Waals surface area contributed by atoms with Gasteiger partial charge in [0.1, 0.15) is 23.4 Å². The molecule has 6 nitrogen and oxygen atoms in total. The molecule has 34 heavy (non-hydrogen) atoms. The number of halogens is 2. The number of hydrogen-bond donors (Lipinski definition) is 1. The van der Waals surface area contributed by atoms with E-state index in [1.165, 1.54) is 0 Å². The van der Waals surface area contributed by atoms with E-state index < -0.39 is 5.97 Å². The van der Waals surface area contributed by atoms with E-state index >= 15 is 0 Å². The maximum Gasteiger partial charge on any atom is 0.344 e. The van der Waals surface area contributed by atoms with Gasteiger partial charge in [0.25, 0.3) is 0 Å². The van der Waals surface area contributed by atoms with Crippen molar-refractivity contribution >= 4 is 35.0 Å². The average molecular weight is 499 g/mol. The molecular weight excluding hydrogens is 475 g/mol. The summed E-state index contributed by atoms with van der Waals surface area (Å²) in [6, 6.07) is 20.5. The van der Waals surface area contributed by atoms with Crippen LogP contribution in [0.1, 0.15) is 35.7 Å². The third-order valence-electron chi connectivity index (χ3n) is 5.37. The predicted molar refractivity (Wildman–Crippen MR) is 133 cm³/mol. The highest BCUT2D eigenvalue weighted by Gasteiger charge is 2.32. The Hall–Kier alpha value is -3.22. The number of ether oxygens (including phenoxy) is 3. The van der Waals surface area contributed by atoms with Crippen LogP contribution < -0.4 is 14.8 Å². The predicted octanol–water partition coefficient (Wildman–Crippen LogP) is 5.78. The number of hydrogen-bond acceptors (Lipinski definition) is 6. The van der Waals surface area contributed by atoms with Crippen LogP contribution in [0, 0.1) is 0 Å². The number of carbonyl (C=O) groups excluding carboxylic acids is 1. The second-order valence-corrected chi connectivity index (χ2v) is 8.51. The summed E-state index contributed by atoms with van der Waals surface area (Å²) in [5.74, 6) is 1.30. The summed E-state index contributed by atoms with van der Waals surface area (Å²) in [5.41, 5.74) is 2.84. The third kappa shape index (κ3) is 5.64. The van der Waals surface area contributed by atoms with Gasteiger partial charge in [-0.2, -0.15) is 0 Å². The van der Waals surface area contributed by atoms with E-state index in [1.54, 1.807) is 20.1 Å². The first-order valence-corrected chi connectivity index (χ1v) is 11.6. The average Bonchev–Trinajstić information content (AvgIpc) is 3.29. The summed E-state index contributed by atoms with van der Waals surface area (Å²) in [4.78, 5) is 16.7. The number of esters is 1. The van der Waals surface area contributed by atoms with Crippen molar-refractivity contribution in [3.05, 3.63) is 93.5 Å². The summed E-state index contributed by atoms with van der Waals surface area (Å²) in [7, 11) is 1.57. The molecule has 0 fully saturated rings. The molecular formula is C26H24Cl2N2O4. The fraction of sp³-hybridized carbons (Fsp3) is 0.231. The van der Waals surface area contributed by atoms with Crippen LogP contribution in [0.5, 0.6) is 11.5 Å². The highest BCUT2D eigenvalue weighted by atomic mass is 35.5. The molecule has 8 heteroatoms. The van der Waals surface area contributed by atoms with Gasteiger partial charge in [-0.15, -0.1) is 0 Å². The van der Waals surface area contributed by atoms with Gasteiger partial charge in [0, 0.05) is 21.7 Å². The number of benzene rings is 3. The zero-order valence-corrected chi connectivity index (χ0v) is 20.3. The minimum absolute atomic E-state index is 0.122. The SMILES string of the molecule is CCOC(=O)COc1cc(OC)cc(C2=NC(c3ccc(Cl)cc3)C(c3ccc(Cl)cc3)N2)c1. The molecule has 0 saturated heterocycles. The van der Waals surface area contributed by atoms with E-state index in [0.29, 0.717) is 34.0 Å². The number of rotatable bonds is 8. The molecule has 0 radical (unpaired) electrons. The van der Waals surface area contributed by atoms with Gasteiger partial charge in [-0.1, -0.05) is 47.5 Å². The molecule has 3 aromatic carbocycles. The molecule has 4 rings (SSSR count). The Morgan fingerprint density at radius 3 is 2.18 bits per heavy atom. The summed E-state index contributed by atoms with van der Waals surface area (Å²) >= 11 is 12.2. The third-order valence-corrected chi connectivity index (χ3v) is 5.87. The first kappa shape index (κ1) is 23.9. The van der Waals surface area contributed by atoms with Gasteiger partial charge in [0.15, 0.2) is 6.61 Å². The summed E-state index contributed by atoms with van der Waals surface area (Å²) < 4.78 is 16.0.